The van der Waals surface area contributed by atoms with Gasteiger partial charge in [0.1, 0.15) is 10.8 Å². The second kappa shape index (κ2) is 6.65. The van der Waals surface area contributed by atoms with Gasteiger partial charge in [0.15, 0.2) is 0 Å². The van der Waals surface area contributed by atoms with Crippen molar-refractivity contribution in [3.63, 3.8) is 0 Å². The van der Waals surface area contributed by atoms with Gasteiger partial charge in [-0.3, -0.25) is 4.99 Å². The Morgan fingerprint density at radius 3 is 2.92 bits per heavy atom. The Labute approximate surface area is 146 Å². The topological polar surface area (TPSA) is 26.5 Å². The highest BCUT2D eigenvalue weighted by Gasteiger charge is 2.22. The van der Waals surface area contributed by atoms with E-state index in [9.17, 15) is 0 Å². The zero-order valence-corrected chi connectivity index (χ0v) is 14.6. The Morgan fingerprint density at radius 1 is 1.21 bits per heavy atom. The van der Waals surface area contributed by atoms with Crippen molar-refractivity contribution in [1.29, 1.82) is 0 Å². The summed E-state index contributed by atoms with van der Waals surface area (Å²) < 4.78 is 7.49. The molecule has 4 heteroatoms. The van der Waals surface area contributed by atoms with E-state index in [0.717, 1.165) is 17.9 Å². The number of nitrogens with zero attached hydrogens (tertiary/aromatic N) is 2. The minimum Gasteiger partial charge on any atom is -0.497 e. The molecule has 0 unspecified atom stereocenters. The molecule has 0 atom stereocenters. The first-order chi connectivity index (χ1) is 11.8. The van der Waals surface area contributed by atoms with Gasteiger partial charge in [0, 0.05) is 29.0 Å². The first-order valence-electron chi connectivity index (χ1n) is 8.26. The van der Waals surface area contributed by atoms with E-state index in [1.54, 1.807) is 12.0 Å². The van der Waals surface area contributed by atoms with Gasteiger partial charge in [-0.2, -0.15) is 0 Å². The number of benzene rings is 1. The molecule has 0 radical (unpaired) electrons. The number of rotatable bonds is 5. The van der Waals surface area contributed by atoms with E-state index >= 15 is 0 Å². The third-order valence-corrected chi connectivity index (χ3v) is 5.78. The maximum absolute atomic E-state index is 5.27. The van der Waals surface area contributed by atoms with Gasteiger partial charge in [0.25, 0.3) is 0 Å². The minimum atomic E-state index is 0.733. The third-order valence-electron chi connectivity index (χ3n) is 4.43. The highest BCUT2D eigenvalue weighted by molar-refractivity contribution is 7.15. The van der Waals surface area contributed by atoms with Gasteiger partial charge in [0.2, 0.25) is 0 Å². The fourth-order valence-electron chi connectivity index (χ4n) is 3.26. The van der Waals surface area contributed by atoms with Gasteiger partial charge in [0.05, 0.1) is 13.7 Å². The molecule has 2 aromatic heterocycles. The number of fused-ring (bicyclic) bond motifs is 1. The van der Waals surface area contributed by atoms with Crippen LogP contribution in [0.4, 0.5) is 0 Å². The maximum atomic E-state index is 5.27. The molecule has 122 valence electrons. The summed E-state index contributed by atoms with van der Waals surface area (Å²) >= 11 is 1.93. The first-order valence-corrected chi connectivity index (χ1v) is 9.07. The van der Waals surface area contributed by atoms with Crippen LogP contribution in [-0.2, 0) is 19.4 Å². The van der Waals surface area contributed by atoms with Crippen LogP contribution >= 0.6 is 11.3 Å². The number of ether oxygens (including phenoxy) is 1. The minimum absolute atomic E-state index is 0.733. The Kier molecular flexibility index (Phi) is 4.22. The summed E-state index contributed by atoms with van der Waals surface area (Å²) in [6.07, 6.45) is 9.87. The van der Waals surface area contributed by atoms with E-state index < -0.39 is 0 Å². The van der Waals surface area contributed by atoms with E-state index in [1.165, 1.54) is 35.4 Å². The zero-order valence-electron chi connectivity index (χ0n) is 13.7. The van der Waals surface area contributed by atoms with Crippen LogP contribution in [0.1, 0.15) is 28.0 Å². The third kappa shape index (κ3) is 2.89. The molecule has 0 N–H and O–H groups in total. The number of hydrogen-bond donors (Lipinski definition) is 0. The predicted molar refractivity (Wildman–Crippen MR) is 100.0 cm³/mol. The maximum Gasteiger partial charge on any atom is 0.119 e. The van der Waals surface area contributed by atoms with Gasteiger partial charge in [-0.1, -0.05) is 12.1 Å². The smallest absolute Gasteiger partial charge is 0.119 e. The van der Waals surface area contributed by atoms with E-state index in [2.05, 4.69) is 35.2 Å². The molecule has 1 aliphatic carbocycles. The van der Waals surface area contributed by atoms with Crippen LogP contribution in [0.3, 0.4) is 0 Å². The fraction of sp³-hybridized carbons (Fsp3) is 0.250. The summed E-state index contributed by atoms with van der Waals surface area (Å²) in [5, 5.41) is 1.33. The van der Waals surface area contributed by atoms with Crippen molar-refractivity contribution in [2.24, 2.45) is 4.99 Å². The average molecular weight is 336 g/mol. The van der Waals surface area contributed by atoms with Crippen LogP contribution in [0.5, 0.6) is 5.75 Å². The molecule has 2 heterocycles. The number of aliphatic imine (C=N–C) groups is 1. The van der Waals surface area contributed by atoms with Crippen molar-refractivity contribution in [3.8, 4) is 10.8 Å². The molecule has 0 aliphatic heterocycles. The van der Waals surface area contributed by atoms with Crippen molar-refractivity contribution in [1.82, 2.24) is 4.57 Å². The quantitative estimate of drug-likeness (QED) is 0.623. The largest absolute Gasteiger partial charge is 0.497 e. The molecule has 1 aromatic carbocycles. The predicted octanol–water partition coefficient (Wildman–Crippen LogP) is 4.66. The molecule has 3 aromatic rings. The van der Waals surface area contributed by atoms with E-state index in [1.807, 2.05) is 35.8 Å². The molecular formula is C20H20N2OS. The summed E-state index contributed by atoms with van der Waals surface area (Å²) in [4.78, 5) is 6.27. The van der Waals surface area contributed by atoms with Gasteiger partial charge < -0.3 is 9.30 Å². The Morgan fingerprint density at radius 2 is 2.08 bits per heavy atom. The zero-order chi connectivity index (χ0) is 16.4. The van der Waals surface area contributed by atoms with E-state index in [4.69, 9.17) is 9.73 Å². The summed E-state index contributed by atoms with van der Waals surface area (Å²) in [7, 11) is 1.69. The molecule has 0 fully saturated rings. The van der Waals surface area contributed by atoms with E-state index in [0.29, 0.717) is 0 Å². The van der Waals surface area contributed by atoms with Gasteiger partial charge in [-0.15, -0.1) is 11.3 Å². The standard InChI is InChI=1S/C20H20N2OS/c1-23-16-7-4-6-15(12-16)13-21-14-18-17-8-5-9-19(17)24-20(18)22-10-2-3-11-22/h2-4,6-7,10-13H,5,8-9,14H2,1H3. The average Bonchev–Trinajstić information content (AvgIpc) is 3.32. The molecule has 0 bridgehead atoms. The van der Waals surface area contributed by atoms with Gasteiger partial charge in [-0.05, 0) is 54.7 Å². The normalized spacial score (nSPS) is 13.5. The van der Waals surface area contributed by atoms with E-state index in [-0.39, 0.29) is 0 Å². The highest BCUT2D eigenvalue weighted by atomic mass is 32.1. The summed E-state index contributed by atoms with van der Waals surface area (Å²) in [5.74, 6) is 0.864. The summed E-state index contributed by atoms with van der Waals surface area (Å²) in [6, 6.07) is 12.2. The number of thiophene rings is 1. The summed E-state index contributed by atoms with van der Waals surface area (Å²) in [5.41, 5.74) is 4.00. The van der Waals surface area contributed by atoms with Crippen LogP contribution in [0.15, 0.2) is 53.8 Å². The van der Waals surface area contributed by atoms with Crippen molar-refractivity contribution >= 4 is 17.6 Å². The lowest BCUT2D eigenvalue weighted by atomic mass is 10.1. The molecule has 24 heavy (non-hydrogen) atoms. The van der Waals surface area contributed by atoms with Crippen molar-refractivity contribution < 1.29 is 4.74 Å². The molecule has 4 rings (SSSR count). The molecule has 1 aliphatic rings. The first kappa shape index (κ1) is 15.2. The lowest BCUT2D eigenvalue weighted by Crippen LogP contribution is -1.95. The number of aryl methyl sites for hydroxylation is 1. The van der Waals surface area contributed by atoms with Gasteiger partial charge >= 0.3 is 0 Å². The van der Waals surface area contributed by atoms with Crippen LogP contribution < -0.4 is 4.74 Å². The SMILES string of the molecule is COc1cccc(C=NCc2c(-n3cccc3)sc3c2CCC3)c1. The number of aromatic nitrogens is 1. The van der Waals surface area contributed by atoms with Crippen LogP contribution in [0, 0.1) is 0 Å². The molecule has 0 saturated heterocycles. The Balaban J connectivity index is 1.61. The molecule has 0 amide bonds. The van der Waals surface area contributed by atoms with Crippen molar-refractivity contribution in [2.75, 3.05) is 7.11 Å². The summed E-state index contributed by atoms with van der Waals surface area (Å²) in [6.45, 7) is 0.733. The molecular weight excluding hydrogens is 316 g/mol. The van der Waals surface area contributed by atoms with Crippen LogP contribution in [0.2, 0.25) is 0 Å². The second-order valence-corrected chi connectivity index (χ2v) is 7.06. The fourth-order valence-corrected chi connectivity index (χ4v) is 4.63. The van der Waals surface area contributed by atoms with Crippen molar-refractivity contribution in [3.05, 3.63) is 70.4 Å². The van der Waals surface area contributed by atoms with Crippen LogP contribution in [-0.4, -0.2) is 17.9 Å². The lowest BCUT2D eigenvalue weighted by Gasteiger charge is -2.05. The Hall–Kier alpha value is -2.33. The lowest BCUT2D eigenvalue weighted by molar-refractivity contribution is 0.415. The number of methoxy groups -OCH3 is 1. The molecule has 0 spiro atoms. The Bertz CT molecular complexity index is 862. The van der Waals surface area contributed by atoms with Gasteiger partial charge in [-0.25, -0.2) is 0 Å². The monoisotopic (exact) mass is 336 g/mol. The second-order valence-electron chi connectivity index (χ2n) is 5.98. The highest BCUT2D eigenvalue weighted by Crippen LogP contribution is 2.38. The molecule has 3 nitrogen and oxygen atoms in total. The van der Waals surface area contributed by atoms with Crippen molar-refractivity contribution in [2.45, 2.75) is 25.8 Å². The van der Waals surface area contributed by atoms with Crippen LogP contribution in [0.25, 0.3) is 5.00 Å². The number of hydrogen-bond acceptors (Lipinski definition) is 3. The molecule has 0 saturated carbocycles.